The second-order valence-electron chi connectivity index (χ2n) is 3.40. The summed E-state index contributed by atoms with van der Waals surface area (Å²) < 4.78 is 0. The lowest BCUT2D eigenvalue weighted by molar-refractivity contribution is -0.680. The van der Waals surface area contributed by atoms with Gasteiger partial charge in [0, 0.05) is 0 Å². The van der Waals surface area contributed by atoms with E-state index in [0.29, 0.717) is 0 Å². The Bertz CT molecular complexity index is 126. The van der Waals surface area contributed by atoms with Gasteiger partial charge in [0.1, 0.15) is 6.54 Å². The highest BCUT2D eigenvalue weighted by Crippen LogP contribution is 2.14. The average Bonchev–Trinajstić information content (AvgIpc) is 2.28. The van der Waals surface area contributed by atoms with Crippen LogP contribution < -0.4 is 5.32 Å². The Morgan fingerprint density at radius 2 is 1.82 bits per heavy atom. The molecule has 1 fully saturated rings. The number of rotatable bonds is 2. The summed E-state index contributed by atoms with van der Waals surface area (Å²) in [4.78, 5) is 0. The number of hydrogen-bond donors (Lipinski definition) is 1. The van der Waals surface area contributed by atoms with Gasteiger partial charge in [0.15, 0.2) is 0 Å². The smallest absolute Gasteiger partial charge is 0.137 e. The van der Waals surface area contributed by atoms with Crippen molar-refractivity contribution in [3.05, 3.63) is 0 Å². The van der Waals surface area contributed by atoms with Crippen LogP contribution in [0.25, 0.3) is 0 Å². The topological polar surface area (TPSA) is 16.6 Å². The molecular formula is C10H18N+. The van der Waals surface area contributed by atoms with Crippen LogP contribution in [0.1, 0.15) is 38.5 Å². The predicted molar refractivity (Wildman–Crippen MR) is 47.1 cm³/mol. The van der Waals surface area contributed by atoms with Crippen molar-refractivity contribution >= 4 is 0 Å². The predicted octanol–water partition coefficient (Wildman–Crippen LogP) is 0.906. The molecule has 1 heteroatoms. The van der Waals surface area contributed by atoms with Crippen molar-refractivity contribution in [3.63, 3.8) is 0 Å². The lowest BCUT2D eigenvalue weighted by atomic mass is 10.1. The number of terminal acetylenes is 1. The Labute approximate surface area is 69.6 Å². The minimum absolute atomic E-state index is 0.827. The molecule has 1 aliphatic rings. The van der Waals surface area contributed by atoms with E-state index in [1.165, 1.54) is 38.5 Å². The van der Waals surface area contributed by atoms with Crippen LogP contribution in [0.3, 0.4) is 0 Å². The van der Waals surface area contributed by atoms with Crippen molar-refractivity contribution in [2.24, 2.45) is 0 Å². The van der Waals surface area contributed by atoms with Crippen molar-refractivity contribution in [1.82, 2.24) is 0 Å². The molecule has 0 unspecified atom stereocenters. The van der Waals surface area contributed by atoms with E-state index in [-0.39, 0.29) is 0 Å². The third kappa shape index (κ3) is 3.43. The molecule has 0 spiro atoms. The maximum absolute atomic E-state index is 5.20. The van der Waals surface area contributed by atoms with Crippen LogP contribution in [0.15, 0.2) is 0 Å². The van der Waals surface area contributed by atoms with Gasteiger partial charge in [0.2, 0.25) is 0 Å². The van der Waals surface area contributed by atoms with Crippen molar-refractivity contribution in [1.29, 1.82) is 0 Å². The molecule has 0 aromatic rings. The Morgan fingerprint density at radius 1 is 1.18 bits per heavy atom. The van der Waals surface area contributed by atoms with Crippen molar-refractivity contribution < 1.29 is 5.32 Å². The monoisotopic (exact) mass is 152 g/mol. The zero-order valence-electron chi connectivity index (χ0n) is 7.18. The third-order valence-electron chi connectivity index (χ3n) is 2.47. The van der Waals surface area contributed by atoms with Gasteiger partial charge in [-0.2, -0.15) is 0 Å². The van der Waals surface area contributed by atoms with Crippen LogP contribution in [0, 0.1) is 12.3 Å². The van der Waals surface area contributed by atoms with Gasteiger partial charge in [-0.3, -0.25) is 0 Å². The van der Waals surface area contributed by atoms with Crippen molar-refractivity contribution in [2.75, 3.05) is 6.54 Å². The van der Waals surface area contributed by atoms with Crippen LogP contribution >= 0.6 is 0 Å². The molecule has 1 rings (SSSR count). The van der Waals surface area contributed by atoms with E-state index in [1.807, 2.05) is 0 Å². The van der Waals surface area contributed by atoms with Crippen LogP contribution in [-0.2, 0) is 0 Å². The first kappa shape index (κ1) is 8.62. The molecule has 0 bridgehead atoms. The molecule has 1 aliphatic carbocycles. The summed E-state index contributed by atoms with van der Waals surface area (Å²) in [5.41, 5.74) is 0. The van der Waals surface area contributed by atoms with Crippen LogP contribution in [0.2, 0.25) is 0 Å². The van der Waals surface area contributed by atoms with Gasteiger partial charge in [0.25, 0.3) is 0 Å². The van der Waals surface area contributed by atoms with E-state index in [4.69, 9.17) is 6.42 Å². The number of nitrogens with two attached hydrogens (primary N) is 1. The molecule has 11 heavy (non-hydrogen) atoms. The minimum Gasteiger partial charge on any atom is -0.334 e. The Kier molecular flexibility index (Phi) is 4.08. The summed E-state index contributed by atoms with van der Waals surface area (Å²) in [5, 5.41) is 2.32. The molecule has 1 nitrogen and oxygen atoms in total. The summed E-state index contributed by atoms with van der Waals surface area (Å²) in [6.07, 6.45) is 13.6. The molecule has 0 amide bonds. The molecule has 0 saturated heterocycles. The SMILES string of the molecule is C#CC[NH2+]C1CCCCCC1. The second kappa shape index (κ2) is 5.21. The van der Waals surface area contributed by atoms with E-state index in [0.717, 1.165) is 12.6 Å². The number of hydrogen-bond acceptors (Lipinski definition) is 0. The maximum atomic E-state index is 5.20. The first-order valence-electron chi connectivity index (χ1n) is 4.70. The van der Waals surface area contributed by atoms with Gasteiger partial charge in [-0.05, 0) is 31.6 Å². The van der Waals surface area contributed by atoms with E-state index in [9.17, 15) is 0 Å². The highest BCUT2D eigenvalue weighted by Gasteiger charge is 2.13. The second-order valence-corrected chi connectivity index (χ2v) is 3.40. The summed E-state index contributed by atoms with van der Waals surface area (Å²) in [6.45, 7) is 0.866. The normalized spacial score (nSPS) is 20.6. The quantitative estimate of drug-likeness (QED) is 0.447. The van der Waals surface area contributed by atoms with E-state index < -0.39 is 0 Å². The van der Waals surface area contributed by atoms with Crippen molar-refractivity contribution in [3.8, 4) is 12.3 Å². The molecule has 0 heterocycles. The van der Waals surface area contributed by atoms with Crippen LogP contribution in [0.5, 0.6) is 0 Å². The van der Waals surface area contributed by atoms with Gasteiger partial charge in [-0.25, -0.2) is 0 Å². The Hall–Kier alpha value is -0.480. The summed E-state index contributed by atoms with van der Waals surface area (Å²) in [5.74, 6) is 2.68. The Morgan fingerprint density at radius 3 is 2.36 bits per heavy atom. The Balaban J connectivity index is 2.15. The highest BCUT2D eigenvalue weighted by molar-refractivity contribution is 4.81. The van der Waals surface area contributed by atoms with Crippen molar-refractivity contribution in [2.45, 2.75) is 44.6 Å². The van der Waals surface area contributed by atoms with E-state index in [1.54, 1.807) is 0 Å². The third-order valence-corrected chi connectivity index (χ3v) is 2.47. The molecule has 1 saturated carbocycles. The molecule has 62 valence electrons. The molecule has 2 N–H and O–H groups in total. The van der Waals surface area contributed by atoms with E-state index >= 15 is 0 Å². The molecule has 0 atom stereocenters. The summed E-state index contributed by atoms with van der Waals surface area (Å²) >= 11 is 0. The zero-order chi connectivity index (χ0) is 7.94. The van der Waals surface area contributed by atoms with Gasteiger partial charge < -0.3 is 5.32 Å². The first-order chi connectivity index (χ1) is 5.43. The van der Waals surface area contributed by atoms with Gasteiger partial charge >= 0.3 is 0 Å². The molecule has 0 radical (unpaired) electrons. The van der Waals surface area contributed by atoms with Gasteiger partial charge in [0.05, 0.1) is 6.04 Å². The van der Waals surface area contributed by atoms with Gasteiger partial charge in [-0.1, -0.05) is 12.8 Å². The fraction of sp³-hybridized carbons (Fsp3) is 0.800. The molecular weight excluding hydrogens is 134 g/mol. The molecule has 0 aromatic carbocycles. The van der Waals surface area contributed by atoms with Crippen LogP contribution in [-0.4, -0.2) is 12.6 Å². The summed E-state index contributed by atoms with van der Waals surface area (Å²) in [6, 6.07) is 0.827. The lowest BCUT2D eigenvalue weighted by Gasteiger charge is -2.09. The molecule has 0 aliphatic heterocycles. The minimum atomic E-state index is 0.827. The van der Waals surface area contributed by atoms with Gasteiger partial charge in [-0.15, -0.1) is 6.42 Å². The lowest BCUT2D eigenvalue weighted by Crippen LogP contribution is -2.89. The standard InChI is InChI=1S/C10H17N/c1-2-9-11-10-7-5-3-4-6-8-10/h1,10-11H,3-9H2/p+1. The van der Waals surface area contributed by atoms with E-state index in [2.05, 4.69) is 11.2 Å². The maximum Gasteiger partial charge on any atom is 0.137 e. The highest BCUT2D eigenvalue weighted by atomic mass is 14.9. The molecule has 0 aromatic heterocycles. The largest absolute Gasteiger partial charge is 0.334 e. The fourth-order valence-electron chi connectivity index (χ4n) is 1.78. The van der Waals surface area contributed by atoms with Crippen LogP contribution in [0.4, 0.5) is 0 Å². The first-order valence-corrected chi connectivity index (χ1v) is 4.70. The summed E-state index contributed by atoms with van der Waals surface area (Å²) in [7, 11) is 0. The fourth-order valence-corrected chi connectivity index (χ4v) is 1.78. The zero-order valence-corrected chi connectivity index (χ0v) is 7.18. The number of quaternary nitrogens is 1. The average molecular weight is 152 g/mol.